The summed E-state index contributed by atoms with van der Waals surface area (Å²) < 4.78 is 5.31. The molecule has 0 bridgehead atoms. The fraction of sp³-hybridized carbons (Fsp3) is 0.900. The predicted octanol–water partition coefficient (Wildman–Crippen LogP) is 0.980. The van der Waals surface area contributed by atoms with Gasteiger partial charge in [-0.15, -0.1) is 0 Å². The van der Waals surface area contributed by atoms with Crippen molar-refractivity contribution in [3.8, 4) is 0 Å². The third-order valence-corrected chi connectivity index (χ3v) is 2.68. The smallest absolute Gasteiger partial charge is 0.138 e. The topological polar surface area (TPSA) is 38.3 Å². The Labute approximate surface area is 79.8 Å². The second kappa shape index (κ2) is 4.20. The van der Waals surface area contributed by atoms with Gasteiger partial charge in [0.1, 0.15) is 5.78 Å². The first-order chi connectivity index (χ1) is 6.05. The zero-order valence-electron chi connectivity index (χ0n) is 8.72. The molecular formula is C10H19NO2. The lowest BCUT2D eigenvalue weighted by atomic mass is 9.87. The monoisotopic (exact) mass is 185 g/mol. The van der Waals surface area contributed by atoms with Crippen LogP contribution in [-0.4, -0.2) is 31.6 Å². The Morgan fingerprint density at radius 1 is 1.62 bits per heavy atom. The van der Waals surface area contributed by atoms with Gasteiger partial charge in [-0.1, -0.05) is 0 Å². The highest BCUT2D eigenvalue weighted by Crippen LogP contribution is 2.22. The molecule has 0 radical (unpaired) electrons. The van der Waals surface area contributed by atoms with Gasteiger partial charge in [0.15, 0.2) is 0 Å². The highest BCUT2D eigenvalue weighted by molar-refractivity contribution is 5.82. The lowest BCUT2D eigenvalue weighted by Crippen LogP contribution is -2.41. The van der Waals surface area contributed by atoms with Crippen molar-refractivity contribution in [1.29, 1.82) is 0 Å². The molecule has 1 atom stereocenters. The van der Waals surface area contributed by atoms with Crippen LogP contribution in [0.2, 0.25) is 0 Å². The molecule has 0 saturated carbocycles. The van der Waals surface area contributed by atoms with Crippen molar-refractivity contribution in [2.24, 2.45) is 5.92 Å². The van der Waals surface area contributed by atoms with Crippen LogP contribution >= 0.6 is 0 Å². The van der Waals surface area contributed by atoms with Gasteiger partial charge >= 0.3 is 0 Å². The van der Waals surface area contributed by atoms with Gasteiger partial charge in [0, 0.05) is 32.5 Å². The Hall–Kier alpha value is -0.410. The lowest BCUT2D eigenvalue weighted by Gasteiger charge is -2.30. The Balaban J connectivity index is 2.47. The highest BCUT2D eigenvalue weighted by atomic mass is 16.5. The second-order valence-corrected chi connectivity index (χ2v) is 4.29. The van der Waals surface area contributed by atoms with E-state index in [4.69, 9.17) is 4.74 Å². The Kier molecular flexibility index (Phi) is 3.45. The summed E-state index contributed by atoms with van der Waals surface area (Å²) in [6, 6.07) is 0. The molecule has 1 heterocycles. The number of ketones is 1. The number of piperidine rings is 1. The molecule has 1 aliphatic rings. The molecule has 1 unspecified atom stereocenters. The summed E-state index contributed by atoms with van der Waals surface area (Å²) in [6.07, 6.45) is 1.49. The maximum Gasteiger partial charge on any atom is 0.138 e. The first kappa shape index (κ1) is 10.7. The predicted molar refractivity (Wildman–Crippen MR) is 51.7 cm³/mol. The number of ether oxygens (including phenoxy) is 1. The first-order valence-electron chi connectivity index (χ1n) is 4.84. The van der Waals surface area contributed by atoms with Gasteiger partial charge in [0.05, 0.1) is 5.60 Å². The van der Waals surface area contributed by atoms with Crippen LogP contribution in [0.3, 0.4) is 0 Å². The minimum absolute atomic E-state index is 0.142. The van der Waals surface area contributed by atoms with Gasteiger partial charge in [0.2, 0.25) is 0 Å². The number of hydrogen-bond donors (Lipinski definition) is 1. The van der Waals surface area contributed by atoms with E-state index in [9.17, 15) is 4.79 Å². The van der Waals surface area contributed by atoms with Crippen LogP contribution < -0.4 is 5.32 Å². The average Bonchev–Trinajstić information content (AvgIpc) is 2.09. The fourth-order valence-electron chi connectivity index (χ4n) is 1.67. The summed E-state index contributed by atoms with van der Waals surface area (Å²) in [5.74, 6) is 0.521. The number of Topliss-reactive ketones (excluding diaryl/α,β-unsaturated/α-hetero) is 1. The van der Waals surface area contributed by atoms with Crippen LogP contribution in [0.15, 0.2) is 0 Å². The molecule has 3 heteroatoms. The molecule has 0 aliphatic carbocycles. The van der Waals surface area contributed by atoms with Crippen molar-refractivity contribution in [1.82, 2.24) is 5.32 Å². The van der Waals surface area contributed by atoms with E-state index in [0.29, 0.717) is 12.2 Å². The van der Waals surface area contributed by atoms with Crippen LogP contribution in [0.1, 0.15) is 26.7 Å². The van der Waals surface area contributed by atoms with E-state index < -0.39 is 0 Å². The summed E-state index contributed by atoms with van der Waals surface area (Å²) in [4.78, 5) is 11.5. The van der Waals surface area contributed by atoms with E-state index in [0.717, 1.165) is 19.5 Å². The number of rotatable bonds is 3. The van der Waals surface area contributed by atoms with E-state index in [1.54, 1.807) is 7.11 Å². The van der Waals surface area contributed by atoms with Crippen LogP contribution in [-0.2, 0) is 9.53 Å². The van der Waals surface area contributed by atoms with Crippen LogP contribution in [0, 0.1) is 5.92 Å². The average molecular weight is 185 g/mol. The summed E-state index contributed by atoms with van der Waals surface area (Å²) in [5.41, 5.74) is -0.181. The number of carbonyl (C=O) groups is 1. The highest BCUT2D eigenvalue weighted by Gasteiger charge is 2.29. The van der Waals surface area contributed by atoms with E-state index in [1.165, 1.54) is 0 Å². The molecule has 13 heavy (non-hydrogen) atoms. The molecule has 0 aromatic heterocycles. The lowest BCUT2D eigenvalue weighted by molar-refractivity contribution is -0.126. The molecule has 76 valence electrons. The van der Waals surface area contributed by atoms with Crippen LogP contribution in [0.25, 0.3) is 0 Å². The third-order valence-electron chi connectivity index (χ3n) is 2.68. The third kappa shape index (κ3) is 3.08. The molecule has 0 aromatic carbocycles. The molecule has 1 saturated heterocycles. The first-order valence-corrected chi connectivity index (χ1v) is 4.84. The summed E-state index contributed by atoms with van der Waals surface area (Å²) in [6.45, 7) is 5.69. The zero-order chi connectivity index (χ0) is 9.90. The molecule has 0 spiro atoms. The van der Waals surface area contributed by atoms with E-state index in [1.807, 2.05) is 13.8 Å². The zero-order valence-corrected chi connectivity index (χ0v) is 8.72. The minimum atomic E-state index is -0.181. The second-order valence-electron chi connectivity index (χ2n) is 4.29. The van der Waals surface area contributed by atoms with Gasteiger partial charge in [-0.25, -0.2) is 0 Å². The quantitative estimate of drug-likeness (QED) is 0.712. The number of hydrogen-bond acceptors (Lipinski definition) is 3. The standard InChI is InChI=1S/C10H19NO2/c1-10(2,13-3)6-8-7-11-5-4-9(8)12/h8,11H,4-7H2,1-3H3. The Morgan fingerprint density at radius 2 is 2.31 bits per heavy atom. The van der Waals surface area contributed by atoms with Crippen LogP contribution in [0.5, 0.6) is 0 Å². The van der Waals surface area contributed by atoms with Gasteiger partial charge in [-0.2, -0.15) is 0 Å². The molecule has 1 rings (SSSR count). The number of nitrogens with one attached hydrogen (secondary N) is 1. The summed E-state index contributed by atoms with van der Waals surface area (Å²) in [7, 11) is 1.70. The number of methoxy groups -OCH3 is 1. The largest absolute Gasteiger partial charge is 0.379 e. The minimum Gasteiger partial charge on any atom is -0.379 e. The Morgan fingerprint density at radius 3 is 2.85 bits per heavy atom. The Bertz CT molecular complexity index is 189. The van der Waals surface area contributed by atoms with Crippen LogP contribution in [0.4, 0.5) is 0 Å². The van der Waals surface area contributed by atoms with Crippen molar-refractivity contribution >= 4 is 5.78 Å². The van der Waals surface area contributed by atoms with E-state index >= 15 is 0 Å². The van der Waals surface area contributed by atoms with E-state index in [-0.39, 0.29) is 11.5 Å². The molecule has 0 aromatic rings. The van der Waals surface area contributed by atoms with E-state index in [2.05, 4.69) is 5.32 Å². The molecule has 3 nitrogen and oxygen atoms in total. The SMILES string of the molecule is COC(C)(C)CC1CNCCC1=O. The van der Waals surface area contributed by atoms with Gasteiger partial charge < -0.3 is 10.1 Å². The fourth-order valence-corrected chi connectivity index (χ4v) is 1.67. The van der Waals surface area contributed by atoms with Crippen molar-refractivity contribution < 1.29 is 9.53 Å². The molecule has 1 N–H and O–H groups in total. The summed E-state index contributed by atoms with van der Waals surface area (Å²) >= 11 is 0. The van der Waals surface area contributed by atoms with Crippen molar-refractivity contribution in [3.05, 3.63) is 0 Å². The maximum absolute atomic E-state index is 11.5. The van der Waals surface area contributed by atoms with Crippen molar-refractivity contribution in [3.63, 3.8) is 0 Å². The summed E-state index contributed by atoms with van der Waals surface area (Å²) in [5, 5.41) is 3.24. The van der Waals surface area contributed by atoms with Gasteiger partial charge in [0.25, 0.3) is 0 Å². The van der Waals surface area contributed by atoms with Crippen molar-refractivity contribution in [2.45, 2.75) is 32.3 Å². The molecule has 1 aliphatic heterocycles. The van der Waals surface area contributed by atoms with Gasteiger partial charge in [-0.3, -0.25) is 4.79 Å². The molecule has 1 fully saturated rings. The molecule has 0 amide bonds. The number of carbonyl (C=O) groups excluding carboxylic acids is 1. The normalized spacial score (nSPS) is 24.8. The van der Waals surface area contributed by atoms with Crippen molar-refractivity contribution in [2.75, 3.05) is 20.2 Å². The molecular weight excluding hydrogens is 166 g/mol. The maximum atomic E-state index is 11.5. The van der Waals surface area contributed by atoms with Gasteiger partial charge in [-0.05, 0) is 20.3 Å².